The van der Waals surface area contributed by atoms with Gasteiger partial charge in [-0.2, -0.15) is 18.3 Å². The average Bonchev–Trinajstić information content (AvgIpc) is 3.34. The van der Waals surface area contributed by atoms with Crippen molar-refractivity contribution >= 4 is 17.3 Å². The highest BCUT2D eigenvalue weighted by atomic mass is 19.4. The van der Waals surface area contributed by atoms with Crippen LogP contribution in [0.25, 0.3) is 5.82 Å². The summed E-state index contributed by atoms with van der Waals surface area (Å²) in [5.74, 6) is -1.93. The Morgan fingerprint density at radius 2 is 1.55 bits per heavy atom. The zero-order valence-corrected chi connectivity index (χ0v) is 21.4. The van der Waals surface area contributed by atoms with Crippen molar-refractivity contribution in [1.29, 1.82) is 0 Å². The van der Waals surface area contributed by atoms with Crippen LogP contribution in [-0.4, -0.2) is 50.5 Å². The SMILES string of the molecule is O=C(N1CCC(c2nn3c(c2N=C(c2ccccc2)c2ccccc2)CCc2cc(F)cnc2-3)CC1)C(F)(F)F. The number of pyridine rings is 1. The van der Waals surface area contributed by atoms with E-state index in [0.717, 1.165) is 39.2 Å². The second-order valence-electron chi connectivity index (χ2n) is 9.99. The summed E-state index contributed by atoms with van der Waals surface area (Å²) >= 11 is 0. The Morgan fingerprint density at radius 3 is 2.15 bits per heavy atom. The Balaban J connectivity index is 1.47. The minimum atomic E-state index is -4.90. The molecule has 0 spiro atoms. The van der Waals surface area contributed by atoms with E-state index in [4.69, 9.17) is 10.1 Å². The smallest absolute Gasteiger partial charge is 0.335 e. The van der Waals surface area contributed by atoms with Crippen LogP contribution in [0.4, 0.5) is 23.2 Å². The second-order valence-corrected chi connectivity index (χ2v) is 9.99. The first kappa shape index (κ1) is 25.9. The lowest BCUT2D eigenvalue weighted by Crippen LogP contribution is -2.45. The minimum Gasteiger partial charge on any atom is -0.335 e. The van der Waals surface area contributed by atoms with E-state index in [1.165, 1.54) is 6.07 Å². The Morgan fingerprint density at radius 1 is 0.925 bits per heavy atom. The third-order valence-corrected chi connectivity index (χ3v) is 7.45. The van der Waals surface area contributed by atoms with Crippen molar-refractivity contribution < 1.29 is 22.4 Å². The van der Waals surface area contributed by atoms with E-state index in [1.54, 1.807) is 4.68 Å². The maximum atomic E-state index is 14.0. The zero-order chi connectivity index (χ0) is 27.9. The molecule has 10 heteroatoms. The van der Waals surface area contributed by atoms with Crippen molar-refractivity contribution in [3.63, 3.8) is 0 Å². The quantitative estimate of drug-likeness (QED) is 0.235. The van der Waals surface area contributed by atoms with Gasteiger partial charge in [-0.25, -0.2) is 19.0 Å². The lowest BCUT2D eigenvalue weighted by molar-refractivity contribution is -0.186. The Labute approximate surface area is 228 Å². The monoisotopic (exact) mass is 547 g/mol. The van der Waals surface area contributed by atoms with Gasteiger partial charge in [-0.1, -0.05) is 60.7 Å². The van der Waals surface area contributed by atoms with Crippen LogP contribution in [0.2, 0.25) is 0 Å². The molecule has 0 unspecified atom stereocenters. The number of benzene rings is 2. The van der Waals surface area contributed by atoms with Gasteiger partial charge in [0.15, 0.2) is 5.82 Å². The number of hydrogen-bond donors (Lipinski definition) is 0. The molecule has 0 saturated carbocycles. The molecular formula is C30H25F4N5O. The molecule has 1 amide bonds. The molecule has 2 aliphatic heterocycles. The molecule has 40 heavy (non-hydrogen) atoms. The van der Waals surface area contributed by atoms with E-state index >= 15 is 0 Å². The summed E-state index contributed by atoms with van der Waals surface area (Å²) in [6.07, 6.45) is -2.02. The molecule has 6 rings (SSSR count). The molecular weight excluding hydrogens is 522 g/mol. The fourth-order valence-electron chi connectivity index (χ4n) is 5.50. The summed E-state index contributed by atoms with van der Waals surface area (Å²) in [6.45, 7) is -0.0583. The lowest BCUT2D eigenvalue weighted by atomic mass is 9.91. The van der Waals surface area contributed by atoms with Crippen molar-refractivity contribution in [3.8, 4) is 5.82 Å². The van der Waals surface area contributed by atoms with Gasteiger partial charge in [0, 0.05) is 35.7 Å². The van der Waals surface area contributed by atoms with Crippen molar-refractivity contribution in [2.45, 2.75) is 37.8 Å². The first-order valence-electron chi connectivity index (χ1n) is 13.1. The summed E-state index contributed by atoms with van der Waals surface area (Å²) in [4.78, 5) is 22.2. The van der Waals surface area contributed by atoms with Crippen LogP contribution in [0.3, 0.4) is 0 Å². The highest BCUT2D eigenvalue weighted by Gasteiger charge is 2.44. The number of likely N-dealkylation sites (tertiary alicyclic amines) is 1. The van der Waals surface area contributed by atoms with Gasteiger partial charge in [0.1, 0.15) is 11.5 Å². The topological polar surface area (TPSA) is 63.4 Å². The third kappa shape index (κ3) is 4.89. The number of aryl methyl sites for hydroxylation is 1. The van der Waals surface area contributed by atoms with E-state index in [-0.39, 0.29) is 19.0 Å². The minimum absolute atomic E-state index is 0.0291. The average molecular weight is 548 g/mol. The number of halogens is 4. The number of fused-ring (bicyclic) bond motifs is 3. The Kier molecular flexibility index (Phi) is 6.69. The number of hydrogen-bond acceptors (Lipinski definition) is 4. The van der Waals surface area contributed by atoms with Gasteiger partial charge in [0.2, 0.25) is 0 Å². The number of alkyl halides is 3. The molecule has 6 nitrogen and oxygen atoms in total. The molecule has 4 aromatic rings. The highest BCUT2D eigenvalue weighted by Crippen LogP contribution is 2.40. The molecule has 0 radical (unpaired) electrons. The first-order chi connectivity index (χ1) is 19.3. The van der Waals surface area contributed by atoms with Gasteiger partial charge in [0.05, 0.1) is 23.3 Å². The van der Waals surface area contributed by atoms with Crippen LogP contribution < -0.4 is 0 Å². The van der Waals surface area contributed by atoms with Crippen molar-refractivity contribution in [2.75, 3.05) is 13.1 Å². The fraction of sp³-hybridized carbons (Fsp3) is 0.267. The summed E-state index contributed by atoms with van der Waals surface area (Å²) < 4.78 is 54.8. The number of carbonyl (C=O) groups is 1. The van der Waals surface area contributed by atoms with E-state index in [1.807, 2.05) is 60.7 Å². The molecule has 2 aromatic carbocycles. The van der Waals surface area contributed by atoms with E-state index in [2.05, 4.69) is 4.98 Å². The third-order valence-electron chi connectivity index (χ3n) is 7.45. The Hall–Kier alpha value is -4.34. The standard InChI is InChI=1S/C30H25F4N5O/c31-23-17-22-11-12-24-27(36-25(19-7-3-1-4-8-19)20-9-5-2-6-10-20)26(37-39(24)28(22)35-18-23)21-13-15-38(16-14-21)29(40)30(32,33)34/h1-10,17-18,21H,11-16H2. The number of piperidine rings is 1. The maximum Gasteiger partial charge on any atom is 0.471 e. The van der Waals surface area contributed by atoms with Gasteiger partial charge in [-0.3, -0.25) is 4.79 Å². The van der Waals surface area contributed by atoms with Crippen LogP contribution in [0.1, 0.15) is 46.8 Å². The number of rotatable bonds is 4. The predicted octanol–water partition coefficient (Wildman–Crippen LogP) is 5.94. The molecule has 2 aliphatic rings. The maximum absolute atomic E-state index is 14.0. The first-order valence-corrected chi connectivity index (χ1v) is 13.1. The van der Waals surface area contributed by atoms with Gasteiger partial charge >= 0.3 is 12.1 Å². The fourth-order valence-corrected chi connectivity index (χ4v) is 5.50. The highest BCUT2D eigenvalue weighted by molar-refractivity contribution is 6.14. The molecule has 0 aliphatic carbocycles. The predicted molar refractivity (Wildman–Crippen MR) is 142 cm³/mol. The summed E-state index contributed by atoms with van der Waals surface area (Å²) in [7, 11) is 0. The van der Waals surface area contributed by atoms with Crippen molar-refractivity contribution in [3.05, 3.63) is 107 Å². The number of amides is 1. The van der Waals surface area contributed by atoms with E-state index in [0.29, 0.717) is 42.9 Å². The molecule has 204 valence electrons. The molecule has 1 fully saturated rings. The van der Waals surface area contributed by atoms with E-state index in [9.17, 15) is 22.4 Å². The van der Waals surface area contributed by atoms with Crippen LogP contribution >= 0.6 is 0 Å². The number of aromatic nitrogens is 3. The molecule has 0 bridgehead atoms. The summed E-state index contributed by atoms with van der Waals surface area (Å²) in [6, 6.07) is 20.9. The molecule has 0 atom stereocenters. The lowest BCUT2D eigenvalue weighted by Gasteiger charge is -2.31. The molecule has 2 aromatic heterocycles. The largest absolute Gasteiger partial charge is 0.471 e. The normalized spacial score (nSPS) is 15.3. The van der Waals surface area contributed by atoms with Gasteiger partial charge in [-0.05, 0) is 31.7 Å². The molecule has 4 heterocycles. The van der Waals surface area contributed by atoms with E-state index < -0.39 is 17.9 Å². The van der Waals surface area contributed by atoms with Crippen molar-refractivity contribution in [1.82, 2.24) is 19.7 Å². The van der Waals surface area contributed by atoms with Crippen molar-refractivity contribution in [2.24, 2.45) is 4.99 Å². The zero-order valence-electron chi connectivity index (χ0n) is 21.4. The molecule has 1 saturated heterocycles. The van der Waals surface area contributed by atoms with Gasteiger partial charge in [-0.15, -0.1) is 0 Å². The number of aliphatic imine (C=N–C) groups is 1. The van der Waals surface area contributed by atoms with Crippen LogP contribution in [-0.2, 0) is 17.6 Å². The summed E-state index contributed by atoms with van der Waals surface area (Å²) in [5.41, 5.74) is 5.40. The van der Waals surface area contributed by atoms with Crippen LogP contribution in [0, 0.1) is 5.82 Å². The van der Waals surface area contributed by atoms with Gasteiger partial charge < -0.3 is 4.90 Å². The second kappa shape index (κ2) is 10.3. The van der Waals surface area contributed by atoms with Gasteiger partial charge in [0.25, 0.3) is 0 Å². The molecule has 0 N–H and O–H groups in total. The summed E-state index contributed by atoms with van der Waals surface area (Å²) in [5, 5.41) is 4.90. The van der Waals surface area contributed by atoms with Crippen LogP contribution in [0.5, 0.6) is 0 Å². The Bertz CT molecular complexity index is 1530. The number of nitrogens with zero attached hydrogens (tertiary/aromatic N) is 5. The number of carbonyl (C=O) groups excluding carboxylic acids is 1. The van der Waals surface area contributed by atoms with Crippen LogP contribution in [0.15, 0.2) is 77.9 Å².